The summed E-state index contributed by atoms with van der Waals surface area (Å²) in [4.78, 5) is 25.7. The number of hydrogen-bond acceptors (Lipinski definition) is 5. The standard InChI is InChI=1S/C36H41N7O/c1-8-32(44)39-31-17-27(10-9-23(31)4)34-33-25(6)30(28-18-38-43(21-28)22(2)3)19-37-36(33)40-35(34)26-11-13-29(14-12-26)42-16-15-41(7)24(5)20-42/h8-14,17-19,21-22,24H,1,15-16,20H2,2-7H3,(H,37,40)(H,39,44)/t24-/m0/s1. The van der Waals surface area contributed by atoms with Gasteiger partial charge in [0.05, 0.1) is 11.9 Å². The number of amides is 1. The third kappa shape index (κ3) is 5.42. The molecule has 1 saturated heterocycles. The number of aryl methyl sites for hydroxylation is 2. The summed E-state index contributed by atoms with van der Waals surface area (Å²) < 4.78 is 1.97. The number of nitrogens with one attached hydrogen (secondary N) is 2. The van der Waals surface area contributed by atoms with E-state index in [1.807, 2.05) is 36.1 Å². The number of anilines is 2. The van der Waals surface area contributed by atoms with Crippen LogP contribution in [0.25, 0.3) is 44.5 Å². The van der Waals surface area contributed by atoms with Gasteiger partial charge in [-0.2, -0.15) is 5.10 Å². The zero-order chi connectivity index (χ0) is 31.1. The SMILES string of the molecule is C=CC(=O)Nc1cc(-c2c(-c3ccc(N4CCN(C)[C@@H](C)C4)cc3)[nH]c3ncc(-c4cnn(C(C)C)c4)c(C)c23)ccc1C. The molecule has 0 aliphatic carbocycles. The van der Waals surface area contributed by atoms with Crippen LogP contribution in [0.4, 0.5) is 11.4 Å². The van der Waals surface area contributed by atoms with Crippen molar-refractivity contribution in [3.8, 4) is 33.5 Å². The van der Waals surface area contributed by atoms with E-state index >= 15 is 0 Å². The van der Waals surface area contributed by atoms with Crippen LogP contribution < -0.4 is 10.2 Å². The summed E-state index contributed by atoms with van der Waals surface area (Å²) in [5, 5.41) is 8.62. The van der Waals surface area contributed by atoms with Crippen molar-refractivity contribution >= 4 is 28.3 Å². The molecule has 1 amide bonds. The van der Waals surface area contributed by atoms with E-state index in [1.54, 1.807) is 0 Å². The molecular weight excluding hydrogens is 546 g/mol. The lowest BCUT2D eigenvalue weighted by Crippen LogP contribution is -2.50. The van der Waals surface area contributed by atoms with Gasteiger partial charge in [-0.1, -0.05) is 30.8 Å². The molecular formula is C36H41N7O. The Bertz CT molecular complexity index is 1850. The Kier molecular flexibility index (Phi) is 7.86. The molecule has 8 heteroatoms. The average molecular weight is 588 g/mol. The first kappa shape index (κ1) is 29.4. The van der Waals surface area contributed by atoms with E-state index in [4.69, 9.17) is 4.98 Å². The first-order chi connectivity index (χ1) is 21.1. The Morgan fingerprint density at radius 1 is 1.07 bits per heavy atom. The van der Waals surface area contributed by atoms with Gasteiger partial charge in [-0.15, -0.1) is 0 Å². The van der Waals surface area contributed by atoms with Gasteiger partial charge in [-0.05, 0) is 88.2 Å². The van der Waals surface area contributed by atoms with Gasteiger partial charge in [-0.3, -0.25) is 9.48 Å². The number of benzene rings is 2. The summed E-state index contributed by atoms with van der Waals surface area (Å²) in [7, 11) is 2.19. The lowest BCUT2D eigenvalue weighted by molar-refractivity contribution is -0.111. The van der Waals surface area contributed by atoms with Gasteiger partial charge in [-0.25, -0.2) is 4.98 Å². The number of piperazine rings is 1. The predicted octanol–water partition coefficient (Wildman–Crippen LogP) is 7.22. The lowest BCUT2D eigenvalue weighted by Gasteiger charge is -2.39. The number of fused-ring (bicyclic) bond motifs is 1. The van der Waals surface area contributed by atoms with E-state index < -0.39 is 0 Å². The Labute approximate surface area is 259 Å². The van der Waals surface area contributed by atoms with Crippen LogP contribution in [0.5, 0.6) is 0 Å². The van der Waals surface area contributed by atoms with Crippen molar-refractivity contribution in [2.45, 2.75) is 46.7 Å². The number of H-pyrrole nitrogens is 1. The molecule has 5 aromatic rings. The number of hydrogen-bond donors (Lipinski definition) is 2. The molecule has 226 valence electrons. The number of rotatable bonds is 7. The second kappa shape index (κ2) is 11.8. The van der Waals surface area contributed by atoms with Gasteiger partial charge in [0.15, 0.2) is 0 Å². The van der Waals surface area contributed by atoms with Crippen molar-refractivity contribution in [3.05, 3.63) is 84.8 Å². The third-order valence-corrected chi connectivity index (χ3v) is 8.97. The molecule has 0 unspecified atom stereocenters. The maximum atomic E-state index is 12.3. The van der Waals surface area contributed by atoms with Crippen molar-refractivity contribution < 1.29 is 4.79 Å². The number of aromatic nitrogens is 4. The Morgan fingerprint density at radius 3 is 2.50 bits per heavy atom. The molecule has 0 saturated carbocycles. The van der Waals surface area contributed by atoms with Crippen molar-refractivity contribution in [1.29, 1.82) is 0 Å². The number of aromatic amines is 1. The molecule has 6 rings (SSSR count). The minimum absolute atomic E-state index is 0.236. The fraction of sp³-hybridized carbons (Fsp3) is 0.306. The van der Waals surface area contributed by atoms with Gasteiger partial charge in [0.2, 0.25) is 5.91 Å². The predicted molar refractivity (Wildman–Crippen MR) is 181 cm³/mol. The Morgan fingerprint density at radius 2 is 1.82 bits per heavy atom. The van der Waals surface area contributed by atoms with E-state index in [1.165, 1.54) is 11.8 Å². The molecule has 0 bridgehead atoms. The van der Waals surface area contributed by atoms with Crippen molar-refractivity contribution in [3.63, 3.8) is 0 Å². The highest BCUT2D eigenvalue weighted by molar-refractivity contribution is 6.07. The molecule has 8 nitrogen and oxygen atoms in total. The van der Waals surface area contributed by atoms with Crippen LogP contribution in [0, 0.1) is 13.8 Å². The van der Waals surface area contributed by atoms with E-state index in [9.17, 15) is 4.79 Å². The molecule has 1 atom stereocenters. The van der Waals surface area contributed by atoms with Crippen LogP contribution >= 0.6 is 0 Å². The molecule has 0 spiro atoms. The van der Waals surface area contributed by atoms with Crippen LogP contribution in [0.15, 0.2) is 73.7 Å². The van der Waals surface area contributed by atoms with E-state index in [2.05, 4.69) is 103 Å². The minimum atomic E-state index is -0.236. The molecule has 3 aromatic heterocycles. The van der Waals surface area contributed by atoms with Gasteiger partial charge < -0.3 is 20.1 Å². The zero-order valence-electron chi connectivity index (χ0n) is 26.5. The molecule has 44 heavy (non-hydrogen) atoms. The lowest BCUT2D eigenvalue weighted by atomic mass is 9.93. The molecule has 1 aliphatic heterocycles. The number of carbonyl (C=O) groups excluding carboxylic acids is 1. The third-order valence-electron chi connectivity index (χ3n) is 8.97. The summed E-state index contributed by atoms with van der Waals surface area (Å²) in [5.74, 6) is -0.236. The highest BCUT2D eigenvalue weighted by atomic mass is 16.1. The van der Waals surface area contributed by atoms with Crippen LogP contribution in [0.2, 0.25) is 0 Å². The quantitative estimate of drug-likeness (QED) is 0.197. The molecule has 1 fully saturated rings. The van der Waals surface area contributed by atoms with E-state index in [-0.39, 0.29) is 11.9 Å². The van der Waals surface area contributed by atoms with Gasteiger partial charge in [0.1, 0.15) is 5.65 Å². The highest BCUT2D eigenvalue weighted by Gasteiger charge is 2.23. The van der Waals surface area contributed by atoms with Gasteiger partial charge in [0.25, 0.3) is 0 Å². The number of likely N-dealkylation sites (N-methyl/N-ethyl adjacent to an activating group) is 1. The summed E-state index contributed by atoms with van der Waals surface area (Å²) in [6, 6.07) is 15.8. The summed E-state index contributed by atoms with van der Waals surface area (Å²) >= 11 is 0. The monoisotopic (exact) mass is 587 g/mol. The van der Waals surface area contributed by atoms with Gasteiger partial charge >= 0.3 is 0 Å². The Balaban J connectivity index is 1.51. The normalized spacial score (nSPS) is 15.7. The van der Waals surface area contributed by atoms with Crippen LogP contribution in [0.1, 0.15) is 37.9 Å². The molecule has 1 aliphatic rings. The molecule has 2 aromatic carbocycles. The largest absolute Gasteiger partial charge is 0.369 e. The van der Waals surface area contributed by atoms with E-state index in [0.717, 1.165) is 81.0 Å². The molecule has 4 heterocycles. The summed E-state index contributed by atoms with van der Waals surface area (Å²) in [6.45, 7) is 17.4. The summed E-state index contributed by atoms with van der Waals surface area (Å²) in [5.41, 5.74) is 11.1. The molecule has 0 radical (unpaired) electrons. The van der Waals surface area contributed by atoms with E-state index in [0.29, 0.717) is 6.04 Å². The maximum absolute atomic E-state index is 12.3. The van der Waals surface area contributed by atoms with Crippen LogP contribution in [0.3, 0.4) is 0 Å². The second-order valence-electron chi connectivity index (χ2n) is 12.2. The maximum Gasteiger partial charge on any atom is 0.247 e. The Hall–Kier alpha value is -4.69. The zero-order valence-corrected chi connectivity index (χ0v) is 26.5. The van der Waals surface area contributed by atoms with Crippen LogP contribution in [-0.4, -0.2) is 63.3 Å². The highest BCUT2D eigenvalue weighted by Crippen LogP contribution is 2.43. The fourth-order valence-electron chi connectivity index (χ4n) is 6.08. The smallest absolute Gasteiger partial charge is 0.247 e. The first-order valence-electron chi connectivity index (χ1n) is 15.3. The summed E-state index contributed by atoms with van der Waals surface area (Å²) in [6.07, 6.45) is 7.23. The average Bonchev–Trinajstić information content (AvgIpc) is 3.66. The number of nitrogens with zero attached hydrogens (tertiary/aromatic N) is 5. The second-order valence-corrected chi connectivity index (χ2v) is 12.2. The minimum Gasteiger partial charge on any atom is -0.369 e. The molecule has 2 N–H and O–H groups in total. The van der Waals surface area contributed by atoms with Crippen molar-refractivity contribution in [2.24, 2.45) is 0 Å². The van der Waals surface area contributed by atoms with Gasteiger partial charge in [0, 0.05) is 77.6 Å². The number of carbonyl (C=O) groups is 1. The first-order valence-corrected chi connectivity index (χ1v) is 15.3. The fourth-order valence-corrected chi connectivity index (χ4v) is 6.08. The van der Waals surface area contributed by atoms with Crippen molar-refractivity contribution in [1.82, 2.24) is 24.6 Å². The number of pyridine rings is 1. The topological polar surface area (TPSA) is 82.1 Å². The van der Waals surface area contributed by atoms with Crippen molar-refractivity contribution in [2.75, 3.05) is 36.9 Å². The van der Waals surface area contributed by atoms with Crippen LogP contribution in [-0.2, 0) is 4.79 Å².